The van der Waals surface area contributed by atoms with Gasteiger partial charge in [0.1, 0.15) is 11.6 Å². The van der Waals surface area contributed by atoms with Crippen LogP contribution in [0.2, 0.25) is 0 Å². The van der Waals surface area contributed by atoms with Crippen LogP contribution >= 0.6 is 0 Å². The lowest BCUT2D eigenvalue weighted by molar-refractivity contribution is -0.135. The van der Waals surface area contributed by atoms with Crippen LogP contribution in [0.3, 0.4) is 0 Å². The Hall–Kier alpha value is -4.90. The lowest BCUT2D eigenvalue weighted by Gasteiger charge is -2.29. The molecule has 1 atom stereocenters. The zero-order valence-corrected chi connectivity index (χ0v) is 22.4. The number of morpholine rings is 1. The highest BCUT2D eigenvalue weighted by Crippen LogP contribution is 2.25. The number of aliphatic carboxylic acids is 2. The van der Waals surface area contributed by atoms with Gasteiger partial charge in [-0.1, -0.05) is 42.5 Å². The van der Waals surface area contributed by atoms with E-state index in [1.807, 2.05) is 54.6 Å². The lowest BCUT2D eigenvalue weighted by Crippen LogP contribution is -2.36. The normalized spacial score (nSPS) is 12.8. The monoisotopic (exact) mass is 550 g/mol. The molecule has 1 heterocycles. The number of carbonyl (C=O) groups excluding carboxylic acids is 1. The highest BCUT2D eigenvalue weighted by atomic mass is 16.5. The van der Waals surface area contributed by atoms with Crippen LogP contribution in [0.25, 0.3) is 0 Å². The van der Waals surface area contributed by atoms with Gasteiger partial charge in [0.25, 0.3) is 17.8 Å². The van der Waals surface area contributed by atoms with Crippen molar-refractivity contribution >= 4 is 35.1 Å². The molecule has 0 bridgehead atoms. The molecule has 0 aromatic heterocycles. The van der Waals surface area contributed by atoms with Crippen LogP contribution < -0.4 is 20.7 Å². The minimum atomic E-state index is -0.864. The number of carboxylic acids is 2. The SMILES string of the molecule is CC(=O)O.CC(=O)O.N=C(N)c1cccc(OC(C(=O)Nc2ccc(N3CCOCC3)cc2)c2ccccc2)c1. The molecule has 1 unspecified atom stereocenters. The Morgan fingerprint density at radius 2 is 1.50 bits per heavy atom. The number of benzene rings is 3. The van der Waals surface area contributed by atoms with Crippen molar-refractivity contribution in [2.75, 3.05) is 36.5 Å². The fraction of sp³-hybridized carbons (Fsp3) is 0.241. The summed E-state index contributed by atoms with van der Waals surface area (Å²) in [5.41, 5.74) is 8.64. The summed E-state index contributed by atoms with van der Waals surface area (Å²) in [6.45, 7) is 5.32. The van der Waals surface area contributed by atoms with Gasteiger partial charge in [-0.3, -0.25) is 19.8 Å². The van der Waals surface area contributed by atoms with E-state index < -0.39 is 18.0 Å². The number of hydrogen-bond acceptors (Lipinski definition) is 7. The largest absolute Gasteiger partial charge is 0.481 e. The van der Waals surface area contributed by atoms with Crippen molar-refractivity contribution in [3.8, 4) is 5.75 Å². The molecule has 11 nitrogen and oxygen atoms in total. The number of nitrogen functional groups attached to an aromatic ring is 1. The molecule has 3 aromatic rings. The van der Waals surface area contributed by atoms with Crippen molar-refractivity contribution in [3.05, 3.63) is 90.0 Å². The number of amides is 1. The van der Waals surface area contributed by atoms with E-state index in [-0.39, 0.29) is 11.7 Å². The first kappa shape index (κ1) is 31.3. The molecular formula is C29H34N4O7. The summed E-state index contributed by atoms with van der Waals surface area (Å²) < 4.78 is 11.5. The summed E-state index contributed by atoms with van der Waals surface area (Å²) in [5.74, 6) is -1.55. The topological polar surface area (TPSA) is 175 Å². The highest BCUT2D eigenvalue weighted by Gasteiger charge is 2.23. The number of nitrogens with one attached hydrogen (secondary N) is 2. The van der Waals surface area contributed by atoms with E-state index in [1.165, 1.54) is 0 Å². The summed E-state index contributed by atoms with van der Waals surface area (Å²) >= 11 is 0. The van der Waals surface area contributed by atoms with E-state index in [4.69, 9.17) is 40.4 Å². The number of amidine groups is 1. The van der Waals surface area contributed by atoms with Gasteiger partial charge in [0.15, 0.2) is 0 Å². The van der Waals surface area contributed by atoms with Crippen LogP contribution in [0.15, 0.2) is 78.9 Å². The van der Waals surface area contributed by atoms with Crippen LogP contribution in [-0.2, 0) is 19.1 Å². The van der Waals surface area contributed by atoms with E-state index in [9.17, 15) is 4.79 Å². The zero-order valence-electron chi connectivity index (χ0n) is 22.4. The number of ether oxygens (including phenoxy) is 2. The molecule has 0 spiro atoms. The third kappa shape index (κ3) is 11.2. The number of nitrogens with two attached hydrogens (primary N) is 1. The molecule has 40 heavy (non-hydrogen) atoms. The first-order chi connectivity index (χ1) is 19.1. The molecule has 1 fully saturated rings. The van der Waals surface area contributed by atoms with Gasteiger partial charge in [0.2, 0.25) is 6.10 Å². The molecule has 1 saturated heterocycles. The molecule has 0 saturated carbocycles. The summed E-state index contributed by atoms with van der Waals surface area (Å²) in [6.07, 6.45) is -0.864. The molecule has 1 aliphatic rings. The van der Waals surface area contributed by atoms with E-state index in [0.717, 1.165) is 51.4 Å². The fourth-order valence-electron chi connectivity index (χ4n) is 3.56. The molecule has 11 heteroatoms. The third-order valence-corrected chi connectivity index (χ3v) is 5.25. The molecule has 6 N–H and O–H groups in total. The first-order valence-electron chi connectivity index (χ1n) is 12.4. The first-order valence-corrected chi connectivity index (χ1v) is 12.4. The van der Waals surface area contributed by atoms with Crippen molar-refractivity contribution < 1.29 is 34.1 Å². The van der Waals surface area contributed by atoms with Gasteiger partial charge in [-0.15, -0.1) is 0 Å². The molecular weight excluding hydrogens is 516 g/mol. The lowest BCUT2D eigenvalue weighted by atomic mass is 10.1. The van der Waals surface area contributed by atoms with E-state index in [0.29, 0.717) is 17.0 Å². The average molecular weight is 551 g/mol. The average Bonchev–Trinajstić information content (AvgIpc) is 2.92. The van der Waals surface area contributed by atoms with Gasteiger partial charge in [0.05, 0.1) is 13.2 Å². The maximum atomic E-state index is 13.2. The van der Waals surface area contributed by atoms with Crippen LogP contribution in [0.1, 0.15) is 31.1 Å². The second-order valence-corrected chi connectivity index (χ2v) is 8.52. The van der Waals surface area contributed by atoms with Gasteiger partial charge < -0.3 is 35.6 Å². The van der Waals surface area contributed by atoms with Crippen LogP contribution in [0, 0.1) is 5.41 Å². The van der Waals surface area contributed by atoms with Crippen LogP contribution in [-0.4, -0.2) is 60.2 Å². The Labute approximate surface area is 232 Å². The fourth-order valence-corrected chi connectivity index (χ4v) is 3.56. The third-order valence-electron chi connectivity index (χ3n) is 5.25. The summed E-state index contributed by atoms with van der Waals surface area (Å²) in [4.78, 5) is 33.4. The minimum Gasteiger partial charge on any atom is -0.481 e. The Bertz CT molecular complexity index is 1240. The van der Waals surface area contributed by atoms with E-state index in [1.54, 1.807) is 24.3 Å². The summed E-state index contributed by atoms with van der Waals surface area (Å²) in [7, 11) is 0. The number of carbonyl (C=O) groups is 3. The van der Waals surface area contributed by atoms with Crippen molar-refractivity contribution in [1.82, 2.24) is 0 Å². The molecule has 3 aromatic carbocycles. The minimum absolute atomic E-state index is 0.0588. The molecule has 212 valence electrons. The van der Waals surface area contributed by atoms with E-state index in [2.05, 4.69) is 10.2 Å². The second-order valence-electron chi connectivity index (χ2n) is 8.52. The predicted molar refractivity (Wildman–Crippen MR) is 152 cm³/mol. The molecule has 1 aliphatic heterocycles. The second kappa shape index (κ2) is 16.1. The molecule has 0 radical (unpaired) electrons. The molecule has 1 amide bonds. The number of nitrogens with zero attached hydrogens (tertiary/aromatic N) is 1. The van der Waals surface area contributed by atoms with Crippen molar-refractivity contribution in [2.45, 2.75) is 20.0 Å². The number of carboxylic acid groups (broad SMARTS) is 2. The van der Waals surface area contributed by atoms with Crippen LogP contribution in [0.5, 0.6) is 5.75 Å². The number of hydrogen-bond donors (Lipinski definition) is 5. The number of anilines is 2. The predicted octanol–water partition coefficient (Wildman–Crippen LogP) is 3.75. The molecule has 0 aliphatic carbocycles. The molecule has 4 rings (SSSR count). The van der Waals surface area contributed by atoms with Gasteiger partial charge >= 0.3 is 0 Å². The van der Waals surface area contributed by atoms with Crippen molar-refractivity contribution in [2.24, 2.45) is 5.73 Å². The maximum absolute atomic E-state index is 13.2. The quantitative estimate of drug-likeness (QED) is 0.217. The van der Waals surface area contributed by atoms with Gasteiger partial charge in [-0.25, -0.2) is 0 Å². The smallest absolute Gasteiger partial charge is 0.300 e. The maximum Gasteiger partial charge on any atom is 0.300 e. The Balaban J connectivity index is 0.000000621. The zero-order chi connectivity index (χ0) is 29.5. The van der Waals surface area contributed by atoms with Gasteiger partial charge in [-0.2, -0.15) is 0 Å². The van der Waals surface area contributed by atoms with Crippen LogP contribution in [0.4, 0.5) is 11.4 Å². The van der Waals surface area contributed by atoms with Crippen molar-refractivity contribution in [1.29, 1.82) is 5.41 Å². The van der Waals surface area contributed by atoms with E-state index >= 15 is 0 Å². The Morgan fingerprint density at radius 1 is 0.925 bits per heavy atom. The summed E-state index contributed by atoms with van der Waals surface area (Å²) in [5, 5.41) is 25.4. The van der Waals surface area contributed by atoms with Crippen molar-refractivity contribution in [3.63, 3.8) is 0 Å². The Kier molecular flexibility index (Phi) is 12.6. The highest BCUT2D eigenvalue weighted by molar-refractivity contribution is 5.96. The number of rotatable bonds is 7. The van der Waals surface area contributed by atoms with Gasteiger partial charge in [-0.05, 0) is 36.4 Å². The Morgan fingerprint density at radius 3 is 2.05 bits per heavy atom. The standard InChI is InChI=1S/C25H26N4O3.2C2H4O2/c26-24(27)19-7-4-8-22(17-19)32-23(18-5-2-1-3-6-18)25(30)28-20-9-11-21(12-10-20)29-13-15-31-16-14-29;2*1-2(3)4/h1-12,17,23H,13-16H2,(H3,26,27)(H,28,30);2*1H3,(H,3,4). The van der Waals surface area contributed by atoms with Gasteiger partial charge in [0, 0.05) is 49.4 Å². The summed E-state index contributed by atoms with van der Waals surface area (Å²) in [6, 6.07) is 24.0.